The molecule has 7 heteroatoms. The summed E-state index contributed by atoms with van der Waals surface area (Å²) in [7, 11) is 1.55. The third-order valence-electron chi connectivity index (χ3n) is 4.60. The molecule has 6 nitrogen and oxygen atoms in total. The Bertz CT molecular complexity index is 856. The molecule has 0 bridgehead atoms. The van der Waals surface area contributed by atoms with Crippen molar-refractivity contribution in [1.29, 1.82) is 0 Å². The largest absolute Gasteiger partial charge is 0.495 e. The zero-order chi connectivity index (χ0) is 19.4. The van der Waals surface area contributed by atoms with Crippen LogP contribution in [0.15, 0.2) is 42.5 Å². The summed E-state index contributed by atoms with van der Waals surface area (Å²) in [6.07, 6.45) is 1.39. The molecule has 27 heavy (non-hydrogen) atoms. The third-order valence-corrected chi connectivity index (χ3v) is 5.01. The van der Waals surface area contributed by atoms with Crippen molar-refractivity contribution < 1.29 is 14.3 Å². The van der Waals surface area contributed by atoms with Crippen LogP contribution in [0.1, 0.15) is 18.4 Å². The number of halogens is 1. The number of rotatable bonds is 4. The van der Waals surface area contributed by atoms with Crippen molar-refractivity contribution in [3.63, 3.8) is 0 Å². The van der Waals surface area contributed by atoms with E-state index in [0.717, 1.165) is 12.0 Å². The molecule has 0 spiro atoms. The number of amides is 3. The van der Waals surface area contributed by atoms with Gasteiger partial charge in [-0.05, 0) is 49.6 Å². The van der Waals surface area contributed by atoms with E-state index in [1.165, 1.54) is 0 Å². The molecule has 1 saturated heterocycles. The molecule has 1 aliphatic heterocycles. The number of carbonyl (C=O) groups is 2. The zero-order valence-electron chi connectivity index (χ0n) is 15.3. The molecule has 0 unspecified atom stereocenters. The van der Waals surface area contributed by atoms with Gasteiger partial charge >= 0.3 is 6.03 Å². The van der Waals surface area contributed by atoms with Crippen molar-refractivity contribution >= 4 is 34.9 Å². The minimum atomic E-state index is -0.528. The number of ether oxygens (including phenoxy) is 1. The van der Waals surface area contributed by atoms with Gasteiger partial charge in [0.25, 0.3) is 0 Å². The average molecular weight is 388 g/mol. The van der Waals surface area contributed by atoms with Gasteiger partial charge in [-0.1, -0.05) is 29.8 Å². The number of carbonyl (C=O) groups excluding carboxylic acids is 2. The lowest BCUT2D eigenvalue weighted by atomic mass is 10.2. The maximum absolute atomic E-state index is 12.7. The number of nitrogens with one attached hydrogen (secondary N) is 2. The quantitative estimate of drug-likeness (QED) is 0.822. The Morgan fingerprint density at radius 2 is 1.96 bits per heavy atom. The van der Waals surface area contributed by atoms with Crippen LogP contribution in [0.25, 0.3) is 0 Å². The third kappa shape index (κ3) is 4.34. The van der Waals surface area contributed by atoms with Crippen molar-refractivity contribution in [2.75, 3.05) is 24.3 Å². The number of hydrogen-bond acceptors (Lipinski definition) is 3. The van der Waals surface area contributed by atoms with Crippen molar-refractivity contribution in [2.45, 2.75) is 25.8 Å². The van der Waals surface area contributed by atoms with E-state index < -0.39 is 6.04 Å². The number of hydrogen-bond donors (Lipinski definition) is 2. The van der Waals surface area contributed by atoms with Gasteiger partial charge in [0.15, 0.2) is 0 Å². The summed E-state index contributed by atoms with van der Waals surface area (Å²) in [4.78, 5) is 27.0. The molecule has 1 atom stereocenters. The number of aryl methyl sites for hydroxylation is 1. The summed E-state index contributed by atoms with van der Waals surface area (Å²) < 4.78 is 5.26. The lowest BCUT2D eigenvalue weighted by Crippen LogP contribution is -2.45. The minimum Gasteiger partial charge on any atom is -0.495 e. The van der Waals surface area contributed by atoms with Crippen LogP contribution >= 0.6 is 11.6 Å². The molecule has 0 radical (unpaired) electrons. The molecule has 0 aromatic heterocycles. The van der Waals surface area contributed by atoms with Gasteiger partial charge in [0.2, 0.25) is 5.91 Å². The normalized spacial score (nSPS) is 16.1. The Labute approximate surface area is 163 Å². The topological polar surface area (TPSA) is 70.7 Å². The van der Waals surface area contributed by atoms with Gasteiger partial charge in [0.1, 0.15) is 11.8 Å². The maximum Gasteiger partial charge on any atom is 0.322 e. The van der Waals surface area contributed by atoms with Crippen LogP contribution in [0.2, 0.25) is 5.02 Å². The summed E-state index contributed by atoms with van der Waals surface area (Å²) in [5.74, 6) is 0.350. The highest BCUT2D eigenvalue weighted by Gasteiger charge is 2.34. The molecular weight excluding hydrogens is 366 g/mol. The highest BCUT2D eigenvalue weighted by atomic mass is 35.5. The maximum atomic E-state index is 12.7. The summed E-state index contributed by atoms with van der Waals surface area (Å²) in [6.45, 7) is 2.42. The SMILES string of the molecule is COc1ccccc1NC(=O)N1CCC[C@H]1C(=O)Nc1ccc(C)c(Cl)c1. The second-order valence-electron chi connectivity index (χ2n) is 6.44. The average Bonchev–Trinajstić information content (AvgIpc) is 3.15. The Kier molecular flexibility index (Phi) is 5.86. The summed E-state index contributed by atoms with van der Waals surface area (Å²) in [5, 5.41) is 6.27. The Balaban J connectivity index is 1.69. The fraction of sp³-hybridized carbons (Fsp3) is 0.300. The van der Waals surface area contributed by atoms with Crippen molar-refractivity contribution in [1.82, 2.24) is 4.90 Å². The molecule has 3 amide bonds. The van der Waals surface area contributed by atoms with Crippen LogP contribution < -0.4 is 15.4 Å². The van der Waals surface area contributed by atoms with Crippen LogP contribution in [0, 0.1) is 6.92 Å². The molecule has 2 aromatic carbocycles. The van der Waals surface area contributed by atoms with Gasteiger partial charge in [-0.2, -0.15) is 0 Å². The number of methoxy groups -OCH3 is 1. The zero-order valence-corrected chi connectivity index (χ0v) is 16.0. The summed E-state index contributed by atoms with van der Waals surface area (Å²) >= 11 is 6.12. The standard InChI is InChI=1S/C20H22ClN3O3/c1-13-9-10-14(12-15(13)21)22-19(25)17-7-5-11-24(17)20(26)23-16-6-3-4-8-18(16)27-2/h3-4,6,8-10,12,17H,5,7,11H2,1-2H3,(H,22,25)(H,23,26)/t17-/m0/s1. The first-order valence-corrected chi connectivity index (χ1v) is 9.15. The van der Waals surface area contributed by atoms with Gasteiger partial charge in [-0.3, -0.25) is 4.79 Å². The monoisotopic (exact) mass is 387 g/mol. The second kappa shape index (κ2) is 8.31. The van der Waals surface area contributed by atoms with Crippen LogP contribution in [-0.2, 0) is 4.79 Å². The molecule has 0 aliphatic carbocycles. The Morgan fingerprint density at radius 1 is 1.19 bits per heavy atom. The van der Waals surface area contributed by atoms with Crippen molar-refractivity contribution in [2.24, 2.45) is 0 Å². The van der Waals surface area contributed by atoms with Gasteiger partial charge < -0.3 is 20.3 Å². The molecule has 2 N–H and O–H groups in total. The van der Waals surface area contributed by atoms with Gasteiger partial charge in [0.05, 0.1) is 12.8 Å². The van der Waals surface area contributed by atoms with E-state index in [1.807, 2.05) is 25.1 Å². The minimum absolute atomic E-state index is 0.220. The lowest BCUT2D eigenvalue weighted by Gasteiger charge is -2.24. The molecule has 3 rings (SSSR count). The fourth-order valence-electron chi connectivity index (χ4n) is 3.11. The molecule has 1 aliphatic rings. The Hall–Kier alpha value is -2.73. The number of nitrogens with zero attached hydrogens (tertiary/aromatic N) is 1. The van der Waals surface area contributed by atoms with Crippen LogP contribution in [0.5, 0.6) is 5.75 Å². The smallest absolute Gasteiger partial charge is 0.322 e. The first-order valence-electron chi connectivity index (χ1n) is 8.77. The van der Waals surface area contributed by atoms with Crippen molar-refractivity contribution in [3.8, 4) is 5.75 Å². The summed E-state index contributed by atoms with van der Waals surface area (Å²) in [6, 6.07) is 11.7. The predicted molar refractivity (Wildman–Crippen MR) is 107 cm³/mol. The number of likely N-dealkylation sites (tertiary alicyclic amines) is 1. The van der Waals surface area contributed by atoms with Crippen LogP contribution in [0.4, 0.5) is 16.2 Å². The number of para-hydroxylation sites is 2. The first-order chi connectivity index (χ1) is 13.0. The van der Waals surface area contributed by atoms with Crippen LogP contribution in [-0.4, -0.2) is 36.5 Å². The predicted octanol–water partition coefficient (Wildman–Crippen LogP) is 4.29. The number of benzene rings is 2. The van der Waals surface area contributed by atoms with E-state index in [-0.39, 0.29) is 11.9 Å². The highest BCUT2D eigenvalue weighted by Crippen LogP contribution is 2.26. The van der Waals surface area contributed by atoms with E-state index in [9.17, 15) is 9.59 Å². The van der Waals surface area contributed by atoms with Crippen LogP contribution in [0.3, 0.4) is 0 Å². The van der Waals surface area contributed by atoms with Gasteiger partial charge in [0, 0.05) is 17.3 Å². The van der Waals surface area contributed by atoms with E-state index in [4.69, 9.17) is 16.3 Å². The number of anilines is 2. The first kappa shape index (κ1) is 19.0. The molecule has 2 aromatic rings. The van der Waals surface area contributed by atoms with Gasteiger partial charge in [-0.25, -0.2) is 4.79 Å². The molecule has 142 valence electrons. The molecule has 0 saturated carbocycles. The summed E-state index contributed by atoms with van der Waals surface area (Å²) in [5.41, 5.74) is 2.13. The molecular formula is C20H22ClN3O3. The fourth-order valence-corrected chi connectivity index (χ4v) is 3.29. The lowest BCUT2D eigenvalue weighted by molar-refractivity contribution is -0.119. The van der Waals surface area contributed by atoms with E-state index in [0.29, 0.717) is 35.1 Å². The van der Waals surface area contributed by atoms with Gasteiger partial charge in [-0.15, -0.1) is 0 Å². The van der Waals surface area contributed by atoms with E-state index in [2.05, 4.69) is 10.6 Å². The van der Waals surface area contributed by atoms with Crippen molar-refractivity contribution in [3.05, 3.63) is 53.1 Å². The molecule has 1 fully saturated rings. The van der Waals surface area contributed by atoms with E-state index >= 15 is 0 Å². The number of urea groups is 1. The van der Waals surface area contributed by atoms with E-state index in [1.54, 1.807) is 36.3 Å². The highest BCUT2D eigenvalue weighted by molar-refractivity contribution is 6.31. The second-order valence-corrected chi connectivity index (χ2v) is 6.84. The Morgan fingerprint density at radius 3 is 2.70 bits per heavy atom. The molecule has 1 heterocycles.